The number of alkyl halides is 1. The van der Waals surface area contributed by atoms with E-state index < -0.39 is 29.2 Å². The van der Waals surface area contributed by atoms with Gasteiger partial charge in [-0.1, -0.05) is 33.7 Å². The molecule has 1 saturated heterocycles. The number of oxime groups is 1. The Morgan fingerprint density at radius 2 is 2.34 bits per heavy atom. The summed E-state index contributed by atoms with van der Waals surface area (Å²) in [7, 11) is 0. The number of β-lactam (4-membered cyclic amide) rings is 1. The van der Waals surface area contributed by atoms with Crippen LogP contribution >= 0.6 is 45.7 Å². The van der Waals surface area contributed by atoms with Gasteiger partial charge in [0.2, 0.25) is 0 Å². The zero-order chi connectivity index (χ0) is 21.1. The van der Waals surface area contributed by atoms with Crippen molar-refractivity contribution in [1.29, 1.82) is 0 Å². The summed E-state index contributed by atoms with van der Waals surface area (Å²) in [6, 6.07) is -0.897. The molecule has 0 saturated carbocycles. The number of nitrogens with two attached hydrogens (primary N) is 1. The second-order valence-corrected chi connectivity index (χ2v) is 8.50. The van der Waals surface area contributed by atoms with Crippen LogP contribution in [-0.2, 0) is 19.2 Å². The summed E-state index contributed by atoms with van der Waals surface area (Å²) in [4.78, 5) is 47.1. The number of hydrogen-bond donors (Lipinski definition) is 3. The molecule has 1 aromatic heterocycles. The number of nitrogens with zero attached hydrogens (tertiary/aromatic N) is 3. The molecular formula is C16H14IN5O5S2. The monoisotopic (exact) mass is 547 g/mol. The standard InChI is InChI=1S/C16H14IN5O5S2/c1-2-3-27-21-9(8-6-29-16(18)19-8)12(23)20-10-13(24)22-11(15(25)26)7(4-17)5-28-14(10)22/h1,6,10,14H,3-5H2,(H2,18,19)(H,20,23)(H,25,26)/b21-9-/t10-,14+/m1/s1. The Labute approximate surface area is 187 Å². The van der Waals surface area contributed by atoms with Crippen LogP contribution in [0.15, 0.2) is 21.8 Å². The van der Waals surface area contributed by atoms with E-state index >= 15 is 0 Å². The lowest BCUT2D eigenvalue weighted by molar-refractivity contribution is -0.150. The third kappa shape index (κ3) is 4.19. The van der Waals surface area contributed by atoms with Gasteiger partial charge in [0.05, 0.1) is 0 Å². The van der Waals surface area contributed by atoms with Gasteiger partial charge >= 0.3 is 5.97 Å². The van der Waals surface area contributed by atoms with Crippen molar-refractivity contribution in [2.75, 3.05) is 22.5 Å². The van der Waals surface area contributed by atoms with Crippen molar-refractivity contribution < 1.29 is 24.3 Å². The van der Waals surface area contributed by atoms with Crippen LogP contribution in [-0.4, -0.2) is 66.7 Å². The highest BCUT2D eigenvalue weighted by molar-refractivity contribution is 14.1. The van der Waals surface area contributed by atoms with E-state index in [1.807, 2.05) is 0 Å². The van der Waals surface area contributed by atoms with Gasteiger partial charge in [0.15, 0.2) is 17.5 Å². The maximum absolute atomic E-state index is 12.7. The molecule has 4 N–H and O–H groups in total. The van der Waals surface area contributed by atoms with E-state index in [1.165, 1.54) is 22.0 Å². The van der Waals surface area contributed by atoms with Crippen molar-refractivity contribution in [3.8, 4) is 12.3 Å². The molecule has 29 heavy (non-hydrogen) atoms. The molecule has 152 valence electrons. The van der Waals surface area contributed by atoms with Crippen LogP contribution < -0.4 is 11.1 Å². The molecule has 0 radical (unpaired) electrons. The maximum Gasteiger partial charge on any atom is 0.352 e. The molecule has 1 fully saturated rings. The fourth-order valence-electron chi connectivity index (χ4n) is 2.73. The van der Waals surface area contributed by atoms with Gasteiger partial charge < -0.3 is 21.0 Å². The minimum atomic E-state index is -1.16. The predicted molar refractivity (Wildman–Crippen MR) is 116 cm³/mol. The van der Waals surface area contributed by atoms with Crippen molar-refractivity contribution in [1.82, 2.24) is 15.2 Å². The van der Waals surface area contributed by atoms with Gasteiger partial charge in [0.1, 0.15) is 22.8 Å². The second kappa shape index (κ2) is 9.01. The van der Waals surface area contributed by atoms with Gasteiger partial charge in [-0.05, 0) is 5.57 Å². The highest BCUT2D eigenvalue weighted by atomic mass is 127. The molecule has 3 rings (SSSR count). The highest BCUT2D eigenvalue weighted by Crippen LogP contribution is 2.40. The number of carboxylic acid groups (broad SMARTS) is 1. The normalized spacial score (nSPS) is 21.2. The number of carbonyl (C=O) groups is 3. The smallest absolute Gasteiger partial charge is 0.352 e. The molecule has 0 spiro atoms. The van der Waals surface area contributed by atoms with E-state index in [4.69, 9.17) is 17.0 Å². The van der Waals surface area contributed by atoms with Crippen LogP contribution in [0.3, 0.4) is 0 Å². The Balaban J connectivity index is 1.79. The topological polar surface area (TPSA) is 147 Å². The number of carbonyl (C=O) groups excluding carboxylic acids is 2. The average Bonchev–Trinajstić information content (AvgIpc) is 3.13. The number of fused-ring (bicyclic) bond motifs is 1. The molecule has 3 heterocycles. The van der Waals surface area contributed by atoms with Crippen molar-refractivity contribution in [2.45, 2.75) is 11.4 Å². The molecule has 2 amide bonds. The molecular weight excluding hydrogens is 533 g/mol. The number of terminal acetylenes is 1. The lowest BCUT2D eigenvalue weighted by Crippen LogP contribution is -2.71. The van der Waals surface area contributed by atoms with E-state index in [2.05, 4.69) is 44.0 Å². The fourth-order valence-corrected chi connectivity index (χ4v) is 5.62. The first-order chi connectivity index (χ1) is 13.9. The molecule has 10 nitrogen and oxygen atoms in total. The van der Waals surface area contributed by atoms with E-state index in [0.29, 0.717) is 15.8 Å². The summed E-state index contributed by atoms with van der Waals surface area (Å²) >= 11 is 4.56. The molecule has 0 aliphatic carbocycles. The molecule has 2 aliphatic heterocycles. The van der Waals surface area contributed by atoms with E-state index in [1.54, 1.807) is 0 Å². The number of anilines is 1. The third-order valence-corrected chi connectivity index (χ3v) is 6.92. The quantitative estimate of drug-likeness (QED) is 0.0838. The summed E-state index contributed by atoms with van der Waals surface area (Å²) < 4.78 is 0.495. The summed E-state index contributed by atoms with van der Waals surface area (Å²) in [6.45, 7) is -0.156. The van der Waals surface area contributed by atoms with Gasteiger partial charge in [0.25, 0.3) is 11.8 Å². The molecule has 0 bridgehead atoms. The Morgan fingerprint density at radius 3 is 2.93 bits per heavy atom. The number of nitrogens with one attached hydrogen (secondary N) is 1. The number of thiazole rings is 1. The largest absolute Gasteiger partial charge is 0.477 e. The Bertz CT molecular complexity index is 969. The molecule has 0 aromatic carbocycles. The first-order valence-corrected chi connectivity index (χ1v) is 11.5. The zero-order valence-corrected chi connectivity index (χ0v) is 18.4. The molecule has 0 unspecified atom stereocenters. The van der Waals surface area contributed by atoms with Crippen LogP contribution in [0.25, 0.3) is 0 Å². The van der Waals surface area contributed by atoms with Crippen molar-refractivity contribution in [2.24, 2.45) is 5.16 Å². The summed E-state index contributed by atoms with van der Waals surface area (Å²) in [6.07, 6.45) is 5.11. The van der Waals surface area contributed by atoms with E-state index in [0.717, 1.165) is 11.3 Å². The molecule has 2 atom stereocenters. The number of hydrogen-bond acceptors (Lipinski definition) is 9. The lowest BCUT2D eigenvalue weighted by atomic mass is 10.0. The molecule has 13 heteroatoms. The minimum absolute atomic E-state index is 0.0165. The Hall–Kier alpha value is -2.31. The van der Waals surface area contributed by atoms with Crippen molar-refractivity contribution in [3.63, 3.8) is 0 Å². The first kappa shape index (κ1) is 21.4. The summed E-state index contributed by atoms with van der Waals surface area (Å²) in [5.74, 6) is 0.312. The Morgan fingerprint density at radius 1 is 1.59 bits per heavy atom. The fraction of sp³-hybridized carbons (Fsp3) is 0.312. The van der Waals surface area contributed by atoms with Crippen LogP contribution in [0.4, 0.5) is 5.13 Å². The number of aliphatic carboxylic acids is 1. The first-order valence-electron chi connectivity index (χ1n) is 8.00. The number of rotatable bonds is 7. The highest BCUT2D eigenvalue weighted by Gasteiger charge is 2.54. The van der Waals surface area contributed by atoms with Crippen molar-refractivity contribution >= 4 is 74.3 Å². The maximum atomic E-state index is 12.7. The lowest BCUT2D eigenvalue weighted by Gasteiger charge is -2.49. The van der Waals surface area contributed by atoms with Gasteiger partial charge in [-0.15, -0.1) is 29.5 Å². The Kier molecular flexibility index (Phi) is 6.65. The second-order valence-electron chi connectivity index (χ2n) is 5.74. The SMILES string of the molecule is C#CCO/N=C(\C(=O)N[C@@H]1C(=O)N2C(C(=O)O)=C(CI)CS[C@@H]12)c1csc(N)n1. The number of nitrogen functional groups attached to an aromatic ring is 1. The molecule has 2 aliphatic rings. The predicted octanol–water partition coefficient (Wildman–Crippen LogP) is 0.253. The van der Waals surface area contributed by atoms with E-state index in [-0.39, 0.29) is 28.8 Å². The summed E-state index contributed by atoms with van der Waals surface area (Å²) in [5, 5.41) is 17.0. The summed E-state index contributed by atoms with van der Waals surface area (Å²) in [5.41, 5.74) is 6.26. The van der Waals surface area contributed by atoms with Gasteiger partial charge in [-0.25, -0.2) is 9.78 Å². The number of halogens is 1. The van der Waals surface area contributed by atoms with Crippen LogP contribution in [0.2, 0.25) is 0 Å². The van der Waals surface area contributed by atoms with Gasteiger partial charge in [-0.2, -0.15) is 0 Å². The van der Waals surface area contributed by atoms with Gasteiger partial charge in [0, 0.05) is 15.6 Å². The van der Waals surface area contributed by atoms with Crippen LogP contribution in [0.1, 0.15) is 5.69 Å². The number of carboxylic acids is 1. The third-order valence-electron chi connectivity index (χ3n) is 3.98. The number of thioether (sulfide) groups is 1. The number of amides is 2. The van der Waals surface area contributed by atoms with E-state index in [9.17, 15) is 19.5 Å². The van der Waals surface area contributed by atoms with Gasteiger partial charge in [-0.3, -0.25) is 14.5 Å². The zero-order valence-electron chi connectivity index (χ0n) is 14.6. The van der Waals surface area contributed by atoms with Crippen molar-refractivity contribution in [3.05, 3.63) is 22.3 Å². The number of aromatic nitrogens is 1. The molecule has 1 aromatic rings. The van der Waals surface area contributed by atoms with Crippen LogP contribution in [0.5, 0.6) is 0 Å². The minimum Gasteiger partial charge on any atom is -0.477 e. The van der Waals surface area contributed by atoms with Crippen LogP contribution in [0, 0.1) is 12.3 Å². The average molecular weight is 547 g/mol.